The van der Waals surface area contributed by atoms with Gasteiger partial charge in [0.2, 0.25) is 0 Å². The molecular formula is C15H27N3O. The topological polar surface area (TPSA) is 39.1 Å². The van der Waals surface area contributed by atoms with Gasteiger partial charge in [-0.1, -0.05) is 13.8 Å². The molecule has 0 amide bonds. The lowest BCUT2D eigenvalue weighted by atomic mass is 9.68. The second-order valence-corrected chi connectivity index (χ2v) is 6.57. The second kappa shape index (κ2) is 5.25. The van der Waals surface area contributed by atoms with E-state index in [9.17, 15) is 0 Å². The van der Waals surface area contributed by atoms with Crippen molar-refractivity contribution in [3.63, 3.8) is 0 Å². The molecule has 4 heteroatoms. The van der Waals surface area contributed by atoms with Gasteiger partial charge in [0.25, 0.3) is 0 Å². The van der Waals surface area contributed by atoms with Crippen molar-refractivity contribution in [2.45, 2.75) is 51.2 Å². The molecule has 1 fully saturated rings. The van der Waals surface area contributed by atoms with Crippen LogP contribution in [-0.2, 0) is 11.8 Å². The monoisotopic (exact) mass is 265 g/mol. The third-order valence-corrected chi connectivity index (χ3v) is 4.70. The molecule has 1 aliphatic rings. The predicted octanol–water partition coefficient (Wildman–Crippen LogP) is 2.67. The average molecular weight is 265 g/mol. The van der Waals surface area contributed by atoms with Crippen LogP contribution < -0.4 is 5.32 Å². The Morgan fingerprint density at radius 2 is 1.95 bits per heavy atom. The van der Waals surface area contributed by atoms with E-state index in [2.05, 4.69) is 30.3 Å². The van der Waals surface area contributed by atoms with Crippen molar-refractivity contribution in [1.82, 2.24) is 15.1 Å². The molecule has 1 aromatic rings. The number of nitrogens with one attached hydrogen (secondary N) is 1. The molecule has 1 N–H and O–H groups in total. The minimum Gasteiger partial charge on any atom is -0.376 e. The van der Waals surface area contributed by atoms with E-state index in [1.165, 1.54) is 12.8 Å². The van der Waals surface area contributed by atoms with Gasteiger partial charge in [-0.25, -0.2) is 0 Å². The lowest BCUT2D eigenvalue weighted by Crippen LogP contribution is -2.48. The van der Waals surface area contributed by atoms with Crippen molar-refractivity contribution >= 4 is 0 Å². The third kappa shape index (κ3) is 2.84. The largest absolute Gasteiger partial charge is 0.376 e. The van der Waals surface area contributed by atoms with Gasteiger partial charge in [0.15, 0.2) is 0 Å². The van der Waals surface area contributed by atoms with Crippen LogP contribution in [0.3, 0.4) is 0 Å². The quantitative estimate of drug-likeness (QED) is 0.909. The van der Waals surface area contributed by atoms with Gasteiger partial charge < -0.3 is 10.1 Å². The Morgan fingerprint density at radius 1 is 1.32 bits per heavy atom. The molecule has 19 heavy (non-hydrogen) atoms. The summed E-state index contributed by atoms with van der Waals surface area (Å²) in [6.45, 7) is 4.70. The molecular weight excluding hydrogens is 238 g/mol. The van der Waals surface area contributed by atoms with Crippen molar-refractivity contribution in [2.24, 2.45) is 12.5 Å². The minimum absolute atomic E-state index is 0.126. The fraction of sp³-hybridized carbons (Fsp3) is 0.800. The number of methoxy groups -OCH3 is 1. The molecule has 2 rings (SSSR count). The third-order valence-electron chi connectivity index (χ3n) is 4.70. The van der Waals surface area contributed by atoms with Gasteiger partial charge in [-0.05, 0) is 44.2 Å². The molecule has 1 atom stereocenters. The van der Waals surface area contributed by atoms with Crippen LogP contribution in [-0.4, -0.2) is 29.5 Å². The van der Waals surface area contributed by atoms with Gasteiger partial charge in [-0.3, -0.25) is 4.68 Å². The van der Waals surface area contributed by atoms with Gasteiger partial charge in [0, 0.05) is 20.4 Å². The highest BCUT2D eigenvalue weighted by Crippen LogP contribution is 2.46. The van der Waals surface area contributed by atoms with Gasteiger partial charge in [-0.15, -0.1) is 0 Å². The summed E-state index contributed by atoms with van der Waals surface area (Å²) in [7, 11) is 5.80. The molecule has 1 heterocycles. The van der Waals surface area contributed by atoms with E-state index in [4.69, 9.17) is 4.74 Å². The van der Waals surface area contributed by atoms with Crippen LogP contribution in [0.25, 0.3) is 0 Å². The lowest BCUT2D eigenvalue weighted by molar-refractivity contribution is -0.0871. The Hall–Kier alpha value is -0.870. The maximum atomic E-state index is 5.98. The molecule has 0 bridgehead atoms. The number of hydrogen-bond acceptors (Lipinski definition) is 3. The summed E-state index contributed by atoms with van der Waals surface area (Å²) in [6.07, 6.45) is 6.56. The van der Waals surface area contributed by atoms with Gasteiger partial charge >= 0.3 is 0 Å². The molecule has 1 aromatic heterocycles. The van der Waals surface area contributed by atoms with Gasteiger partial charge in [0.1, 0.15) is 0 Å². The number of hydrogen-bond donors (Lipinski definition) is 1. The highest BCUT2D eigenvalue weighted by molar-refractivity contribution is 5.13. The normalized spacial score (nSPS) is 23.2. The zero-order valence-electron chi connectivity index (χ0n) is 12.9. The number of aromatic nitrogens is 2. The van der Waals surface area contributed by atoms with Crippen molar-refractivity contribution in [3.05, 3.63) is 18.0 Å². The maximum absolute atomic E-state index is 5.98. The zero-order chi connectivity index (χ0) is 14.1. The Bertz CT molecular complexity index is 415. The molecule has 1 unspecified atom stereocenters. The number of ether oxygens (including phenoxy) is 1. The summed E-state index contributed by atoms with van der Waals surface area (Å²) in [4.78, 5) is 0. The number of nitrogens with zero attached hydrogens (tertiary/aromatic N) is 2. The first kappa shape index (κ1) is 14.5. The Morgan fingerprint density at radius 3 is 2.37 bits per heavy atom. The Kier molecular flexibility index (Phi) is 4.02. The molecule has 0 radical (unpaired) electrons. The summed E-state index contributed by atoms with van der Waals surface area (Å²) in [5.74, 6) is 0. The second-order valence-electron chi connectivity index (χ2n) is 6.57. The summed E-state index contributed by atoms with van der Waals surface area (Å²) < 4.78 is 7.83. The van der Waals surface area contributed by atoms with Crippen molar-refractivity contribution in [1.29, 1.82) is 0 Å². The molecule has 0 spiro atoms. The van der Waals surface area contributed by atoms with Crippen LogP contribution >= 0.6 is 0 Å². The standard InChI is InChI=1S/C15H27N3O/c1-14(2)7-9-15(19-5,10-8-14)13(16-3)12-6-11-18(4)17-12/h6,11,13,16H,7-10H2,1-5H3. The lowest BCUT2D eigenvalue weighted by Gasteiger charge is -2.46. The summed E-state index contributed by atoms with van der Waals surface area (Å²) in [6, 6.07) is 2.25. The summed E-state index contributed by atoms with van der Waals surface area (Å²) in [5.41, 5.74) is 1.38. The first-order chi connectivity index (χ1) is 8.92. The molecule has 1 aliphatic carbocycles. The van der Waals surface area contributed by atoms with Crippen molar-refractivity contribution < 1.29 is 4.74 Å². The number of rotatable bonds is 4. The summed E-state index contributed by atoms with van der Waals surface area (Å²) >= 11 is 0. The minimum atomic E-state index is -0.126. The molecule has 108 valence electrons. The van der Waals surface area contributed by atoms with Gasteiger partial charge in [0.05, 0.1) is 17.3 Å². The maximum Gasteiger partial charge on any atom is 0.0888 e. The van der Waals surface area contributed by atoms with E-state index >= 15 is 0 Å². The fourth-order valence-corrected chi connectivity index (χ4v) is 3.23. The average Bonchev–Trinajstić information content (AvgIpc) is 2.79. The number of likely N-dealkylation sites (N-methyl/N-ethyl adjacent to an activating group) is 1. The van der Waals surface area contributed by atoms with E-state index in [-0.39, 0.29) is 11.6 Å². The van der Waals surface area contributed by atoms with E-state index < -0.39 is 0 Å². The smallest absolute Gasteiger partial charge is 0.0888 e. The predicted molar refractivity (Wildman–Crippen MR) is 77.0 cm³/mol. The van der Waals surface area contributed by atoms with E-state index in [0.29, 0.717) is 5.41 Å². The SMILES string of the molecule is CNC(c1ccn(C)n1)C1(OC)CCC(C)(C)CC1. The molecule has 4 nitrogen and oxygen atoms in total. The molecule has 0 aliphatic heterocycles. The molecule has 0 saturated heterocycles. The van der Waals surface area contributed by atoms with Crippen LogP contribution in [0.5, 0.6) is 0 Å². The van der Waals surface area contributed by atoms with E-state index in [1.807, 2.05) is 32.1 Å². The summed E-state index contributed by atoms with van der Waals surface area (Å²) in [5, 5.41) is 7.98. The number of aryl methyl sites for hydroxylation is 1. The van der Waals surface area contributed by atoms with Crippen molar-refractivity contribution in [2.75, 3.05) is 14.2 Å². The Balaban J connectivity index is 2.24. The first-order valence-electron chi connectivity index (χ1n) is 7.14. The highest BCUT2D eigenvalue weighted by Gasteiger charge is 2.45. The first-order valence-corrected chi connectivity index (χ1v) is 7.14. The van der Waals surface area contributed by atoms with Crippen LogP contribution in [0.1, 0.15) is 51.3 Å². The van der Waals surface area contributed by atoms with E-state index in [1.54, 1.807) is 0 Å². The molecule has 0 aromatic carbocycles. The fourth-order valence-electron chi connectivity index (χ4n) is 3.23. The molecule has 1 saturated carbocycles. The highest BCUT2D eigenvalue weighted by atomic mass is 16.5. The van der Waals surface area contributed by atoms with Crippen LogP contribution in [0.2, 0.25) is 0 Å². The van der Waals surface area contributed by atoms with Crippen LogP contribution in [0.4, 0.5) is 0 Å². The van der Waals surface area contributed by atoms with Crippen molar-refractivity contribution in [3.8, 4) is 0 Å². The van der Waals surface area contributed by atoms with E-state index in [0.717, 1.165) is 18.5 Å². The van der Waals surface area contributed by atoms with Crippen LogP contribution in [0, 0.1) is 5.41 Å². The Labute approximate surface area is 116 Å². The zero-order valence-corrected chi connectivity index (χ0v) is 12.9. The van der Waals surface area contributed by atoms with Crippen LogP contribution in [0.15, 0.2) is 12.3 Å². The van der Waals surface area contributed by atoms with Gasteiger partial charge in [-0.2, -0.15) is 5.10 Å².